The van der Waals surface area contributed by atoms with E-state index in [1.165, 1.54) is 6.07 Å². The number of rotatable bonds is 7. The predicted octanol–water partition coefficient (Wildman–Crippen LogP) is 2.78. The zero-order valence-electron chi connectivity index (χ0n) is 20.1. The van der Waals surface area contributed by atoms with Gasteiger partial charge in [-0.25, -0.2) is 9.67 Å². The molecule has 10 heteroatoms. The van der Waals surface area contributed by atoms with Crippen molar-refractivity contribution >= 4 is 22.6 Å². The number of aryl methyl sites for hydroxylation is 3. The Balaban J connectivity index is 1.35. The van der Waals surface area contributed by atoms with Gasteiger partial charge in [0.05, 0.1) is 17.4 Å². The normalized spacial score (nSPS) is 14.5. The topological polar surface area (TPSA) is 107 Å². The molecule has 1 fully saturated rings. The average molecular weight is 467 g/mol. The highest BCUT2D eigenvalue weighted by Crippen LogP contribution is 2.30. The lowest BCUT2D eigenvalue weighted by Crippen LogP contribution is -2.48. The molecule has 0 unspecified atom stereocenters. The molecule has 10 nitrogen and oxygen atoms in total. The quantitative estimate of drug-likeness (QED) is 0.389. The van der Waals surface area contributed by atoms with Crippen molar-refractivity contribution in [3.8, 4) is 5.88 Å². The fourth-order valence-corrected chi connectivity index (χ4v) is 4.68. The minimum atomic E-state index is -0.374. The van der Waals surface area contributed by atoms with Crippen molar-refractivity contribution in [3.63, 3.8) is 0 Å². The fraction of sp³-hybridized carbons (Fsp3) is 0.458. The number of ether oxygens (including phenoxy) is 1. The number of carbonyl (C=O) groups excluding carboxylic acids is 1. The first-order chi connectivity index (χ1) is 16.3. The first-order valence-corrected chi connectivity index (χ1v) is 11.4. The summed E-state index contributed by atoms with van der Waals surface area (Å²) in [5.41, 5.74) is 4.83. The van der Waals surface area contributed by atoms with Crippen LogP contribution in [-0.2, 0) is 24.8 Å². The highest BCUT2D eigenvalue weighted by Gasteiger charge is 2.23. The van der Waals surface area contributed by atoms with Crippen molar-refractivity contribution in [2.24, 2.45) is 7.05 Å². The van der Waals surface area contributed by atoms with Gasteiger partial charge in [-0.15, -0.1) is 5.10 Å². The molecule has 0 atom stereocenters. The van der Waals surface area contributed by atoms with E-state index in [-0.39, 0.29) is 16.5 Å². The van der Waals surface area contributed by atoms with Crippen molar-refractivity contribution in [2.75, 3.05) is 33.3 Å². The SMILES string of the molecule is COc1nn(C)c2nc(C)c(CCC(=O)N3CCN(Cc4cccc([N+](=O)[O-])c4)CC3)c(C)c12. The van der Waals surface area contributed by atoms with Crippen LogP contribution in [0, 0.1) is 24.0 Å². The van der Waals surface area contributed by atoms with Crippen LogP contribution < -0.4 is 4.74 Å². The molecule has 2 aromatic heterocycles. The summed E-state index contributed by atoms with van der Waals surface area (Å²) >= 11 is 0. The number of hydrogen-bond donors (Lipinski definition) is 0. The molecule has 0 saturated carbocycles. The van der Waals surface area contributed by atoms with Gasteiger partial charge in [-0.2, -0.15) is 0 Å². The van der Waals surface area contributed by atoms with E-state index in [4.69, 9.17) is 9.72 Å². The predicted molar refractivity (Wildman–Crippen MR) is 128 cm³/mol. The molecule has 0 spiro atoms. The van der Waals surface area contributed by atoms with Crippen LogP contribution in [0.2, 0.25) is 0 Å². The Morgan fingerprint density at radius 3 is 2.62 bits per heavy atom. The van der Waals surface area contributed by atoms with Crippen LogP contribution in [0.4, 0.5) is 5.69 Å². The van der Waals surface area contributed by atoms with E-state index >= 15 is 0 Å². The molecule has 34 heavy (non-hydrogen) atoms. The summed E-state index contributed by atoms with van der Waals surface area (Å²) in [5.74, 6) is 0.682. The first-order valence-electron chi connectivity index (χ1n) is 11.4. The maximum absolute atomic E-state index is 12.9. The number of non-ortho nitro benzene ring substituents is 1. The zero-order valence-corrected chi connectivity index (χ0v) is 20.1. The molecule has 0 radical (unpaired) electrons. The molecule has 1 amide bonds. The van der Waals surface area contributed by atoms with Crippen molar-refractivity contribution in [2.45, 2.75) is 33.2 Å². The zero-order chi connectivity index (χ0) is 24.4. The lowest BCUT2D eigenvalue weighted by Gasteiger charge is -2.35. The highest BCUT2D eigenvalue weighted by molar-refractivity contribution is 5.86. The highest BCUT2D eigenvalue weighted by atomic mass is 16.6. The summed E-state index contributed by atoms with van der Waals surface area (Å²) in [4.78, 5) is 32.4. The van der Waals surface area contributed by atoms with Gasteiger partial charge < -0.3 is 9.64 Å². The maximum Gasteiger partial charge on any atom is 0.269 e. The number of nitro benzene ring substituents is 1. The second kappa shape index (κ2) is 9.76. The van der Waals surface area contributed by atoms with Crippen molar-refractivity contribution < 1.29 is 14.5 Å². The number of methoxy groups -OCH3 is 1. The van der Waals surface area contributed by atoms with E-state index in [2.05, 4.69) is 10.00 Å². The number of nitro groups is 1. The minimum absolute atomic E-state index is 0.105. The van der Waals surface area contributed by atoms with Gasteiger partial charge in [0.1, 0.15) is 0 Å². The standard InChI is InChI=1S/C24H30N6O4/c1-16-20(17(2)25-23-22(16)24(34-4)26-27(23)3)8-9-21(31)29-12-10-28(11-13-29)15-18-6-5-7-19(14-18)30(32)33/h5-7,14H,8-13,15H2,1-4H3. The second-order valence-electron chi connectivity index (χ2n) is 8.72. The number of piperazine rings is 1. The number of fused-ring (bicyclic) bond motifs is 1. The summed E-state index contributed by atoms with van der Waals surface area (Å²) in [6, 6.07) is 6.73. The van der Waals surface area contributed by atoms with Crippen LogP contribution in [0.1, 0.15) is 28.8 Å². The number of carbonyl (C=O) groups is 1. The molecule has 1 saturated heterocycles. The lowest BCUT2D eigenvalue weighted by molar-refractivity contribution is -0.384. The third-order valence-corrected chi connectivity index (χ3v) is 6.56. The molecule has 180 valence electrons. The Morgan fingerprint density at radius 2 is 1.94 bits per heavy atom. The Morgan fingerprint density at radius 1 is 1.21 bits per heavy atom. The molecule has 1 aromatic carbocycles. The molecular formula is C24H30N6O4. The molecule has 3 aromatic rings. The summed E-state index contributed by atoms with van der Waals surface area (Å²) < 4.78 is 7.15. The van der Waals surface area contributed by atoms with E-state index in [0.717, 1.165) is 46.5 Å². The molecule has 1 aliphatic rings. The molecular weight excluding hydrogens is 436 g/mol. The van der Waals surface area contributed by atoms with E-state index < -0.39 is 0 Å². The van der Waals surface area contributed by atoms with E-state index in [9.17, 15) is 14.9 Å². The molecule has 3 heterocycles. The number of amides is 1. The van der Waals surface area contributed by atoms with Gasteiger partial charge in [-0.1, -0.05) is 12.1 Å². The number of aromatic nitrogens is 3. The van der Waals surface area contributed by atoms with Crippen molar-refractivity contribution in [1.82, 2.24) is 24.6 Å². The Kier molecular flexibility index (Phi) is 6.78. The smallest absolute Gasteiger partial charge is 0.269 e. The summed E-state index contributed by atoms with van der Waals surface area (Å²) in [6.45, 7) is 7.44. The molecule has 1 aliphatic heterocycles. The van der Waals surface area contributed by atoms with Gasteiger partial charge in [-0.3, -0.25) is 19.8 Å². The van der Waals surface area contributed by atoms with Crippen molar-refractivity contribution in [1.29, 1.82) is 0 Å². The summed E-state index contributed by atoms with van der Waals surface area (Å²) in [5, 5.41) is 16.3. The number of nitrogens with zero attached hydrogens (tertiary/aromatic N) is 6. The van der Waals surface area contributed by atoms with Gasteiger partial charge in [0.2, 0.25) is 11.8 Å². The molecule has 0 N–H and O–H groups in total. The molecule has 0 aliphatic carbocycles. The van der Waals surface area contributed by atoms with E-state index in [1.54, 1.807) is 23.9 Å². The third-order valence-electron chi connectivity index (χ3n) is 6.56. The van der Waals surface area contributed by atoms with Gasteiger partial charge in [-0.05, 0) is 37.0 Å². The first kappa shape index (κ1) is 23.6. The fourth-order valence-electron chi connectivity index (χ4n) is 4.68. The van der Waals surface area contributed by atoms with Crippen LogP contribution in [0.25, 0.3) is 11.0 Å². The molecule has 0 bridgehead atoms. The van der Waals surface area contributed by atoms with Gasteiger partial charge in [0.15, 0.2) is 5.65 Å². The maximum atomic E-state index is 12.9. The van der Waals surface area contributed by atoms with Gasteiger partial charge >= 0.3 is 0 Å². The number of benzene rings is 1. The van der Waals surface area contributed by atoms with Gasteiger partial charge in [0.25, 0.3) is 5.69 Å². The van der Waals surface area contributed by atoms with Crippen molar-refractivity contribution in [3.05, 3.63) is 56.8 Å². The van der Waals surface area contributed by atoms with Crippen LogP contribution in [0.5, 0.6) is 5.88 Å². The van der Waals surface area contributed by atoms with Gasteiger partial charge in [0, 0.05) is 64.0 Å². The summed E-state index contributed by atoms with van der Waals surface area (Å²) in [7, 11) is 3.45. The minimum Gasteiger partial charge on any atom is -0.479 e. The second-order valence-corrected chi connectivity index (χ2v) is 8.72. The average Bonchev–Trinajstić information content (AvgIpc) is 3.14. The third kappa shape index (κ3) is 4.72. The van der Waals surface area contributed by atoms with Crippen LogP contribution in [0.3, 0.4) is 0 Å². The summed E-state index contributed by atoms with van der Waals surface area (Å²) in [6.07, 6.45) is 1.04. The van der Waals surface area contributed by atoms with E-state index in [1.807, 2.05) is 31.9 Å². The Bertz CT molecular complexity index is 1230. The number of hydrogen-bond acceptors (Lipinski definition) is 7. The largest absolute Gasteiger partial charge is 0.479 e. The Labute approximate surface area is 198 Å². The van der Waals surface area contributed by atoms with E-state index in [0.29, 0.717) is 38.4 Å². The van der Waals surface area contributed by atoms with Crippen LogP contribution >= 0.6 is 0 Å². The lowest BCUT2D eigenvalue weighted by atomic mass is 10.00. The van der Waals surface area contributed by atoms with Crippen LogP contribution in [-0.4, -0.2) is 68.7 Å². The van der Waals surface area contributed by atoms with Crippen LogP contribution in [0.15, 0.2) is 24.3 Å². The Hall–Kier alpha value is -3.53. The monoisotopic (exact) mass is 466 g/mol. The molecule has 4 rings (SSSR count). The number of pyridine rings is 1.